The first kappa shape index (κ1) is 13.1. The highest BCUT2D eigenvalue weighted by Crippen LogP contribution is 2.29. The number of aryl methyl sites for hydroxylation is 1. The lowest BCUT2D eigenvalue weighted by atomic mass is 9.84. The quantitative estimate of drug-likeness (QED) is 0.740. The maximum atomic E-state index is 12.3. The van der Waals surface area contributed by atoms with E-state index in [2.05, 4.69) is 6.92 Å². The molecule has 1 heterocycles. The first-order valence-corrected chi connectivity index (χ1v) is 6.92. The summed E-state index contributed by atoms with van der Waals surface area (Å²) in [7, 11) is 3.86. The molecule has 100 valence electrons. The Kier molecular flexibility index (Phi) is 4.04. The molecule has 0 N–H and O–H groups in total. The fraction of sp³-hybridized carbons (Fsp3) is 0.714. The predicted octanol–water partition coefficient (Wildman–Crippen LogP) is 2.18. The molecule has 18 heavy (non-hydrogen) atoms. The van der Waals surface area contributed by atoms with Crippen LogP contribution in [0.25, 0.3) is 0 Å². The number of nitrogens with zero attached hydrogens (tertiary/aromatic N) is 3. The van der Waals surface area contributed by atoms with Crippen LogP contribution in [0.4, 0.5) is 4.79 Å². The SMILES string of the molecule is CCC1CCC(N(C)C(=O)n2cc[n+](C)c2)CC1. The summed E-state index contributed by atoms with van der Waals surface area (Å²) >= 11 is 0. The molecule has 4 heteroatoms. The fourth-order valence-corrected chi connectivity index (χ4v) is 2.84. The van der Waals surface area contributed by atoms with Crippen molar-refractivity contribution in [2.45, 2.75) is 45.1 Å². The molecule has 0 radical (unpaired) electrons. The van der Waals surface area contributed by atoms with Gasteiger partial charge in [-0.2, -0.15) is 4.57 Å². The van der Waals surface area contributed by atoms with Gasteiger partial charge in [-0.3, -0.25) is 0 Å². The summed E-state index contributed by atoms with van der Waals surface area (Å²) in [6.07, 6.45) is 11.6. The molecule has 1 amide bonds. The highest BCUT2D eigenvalue weighted by atomic mass is 16.2. The van der Waals surface area contributed by atoms with Crippen molar-refractivity contribution in [3.63, 3.8) is 0 Å². The number of rotatable bonds is 2. The van der Waals surface area contributed by atoms with Crippen molar-refractivity contribution >= 4 is 6.03 Å². The number of carbonyl (C=O) groups excluding carboxylic acids is 1. The lowest BCUT2D eigenvalue weighted by Crippen LogP contribution is -2.41. The van der Waals surface area contributed by atoms with Crippen molar-refractivity contribution in [1.82, 2.24) is 9.47 Å². The molecular weight excluding hydrogens is 226 g/mol. The molecular formula is C14H24N3O+. The molecule has 2 rings (SSSR count). The molecule has 0 atom stereocenters. The zero-order valence-electron chi connectivity index (χ0n) is 11.7. The average Bonchev–Trinajstić information content (AvgIpc) is 2.84. The van der Waals surface area contributed by atoms with Crippen LogP contribution in [0.5, 0.6) is 0 Å². The highest BCUT2D eigenvalue weighted by Gasteiger charge is 2.28. The van der Waals surface area contributed by atoms with E-state index in [-0.39, 0.29) is 6.03 Å². The second-order valence-corrected chi connectivity index (χ2v) is 5.46. The van der Waals surface area contributed by atoms with Crippen molar-refractivity contribution < 1.29 is 9.36 Å². The van der Waals surface area contributed by atoms with E-state index in [1.54, 1.807) is 4.57 Å². The van der Waals surface area contributed by atoms with Crippen LogP contribution in [0.15, 0.2) is 18.7 Å². The third-order valence-corrected chi connectivity index (χ3v) is 4.23. The molecule has 4 nitrogen and oxygen atoms in total. The zero-order chi connectivity index (χ0) is 13.1. The molecule has 1 aliphatic carbocycles. The van der Waals surface area contributed by atoms with Gasteiger partial charge in [0, 0.05) is 13.1 Å². The summed E-state index contributed by atoms with van der Waals surface area (Å²) in [5.74, 6) is 0.870. The van der Waals surface area contributed by atoms with Gasteiger partial charge in [0.25, 0.3) is 6.33 Å². The van der Waals surface area contributed by atoms with Crippen LogP contribution in [0.1, 0.15) is 39.0 Å². The Hall–Kier alpha value is -1.32. The number of hydrogen-bond acceptors (Lipinski definition) is 1. The van der Waals surface area contributed by atoms with Gasteiger partial charge in [-0.05, 0) is 31.6 Å². The van der Waals surface area contributed by atoms with Crippen molar-refractivity contribution in [3.8, 4) is 0 Å². The number of carbonyl (C=O) groups is 1. The molecule has 0 saturated heterocycles. The minimum Gasteiger partial charge on any atom is -0.304 e. The Morgan fingerprint density at radius 2 is 2.06 bits per heavy atom. The van der Waals surface area contributed by atoms with Gasteiger partial charge in [-0.25, -0.2) is 9.36 Å². The van der Waals surface area contributed by atoms with E-state index in [9.17, 15) is 4.79 Å². The Morgan fingerprint density at radius 3 is 2.56 bits per heavy atom. The molecule has 1 saturated carbocycles. The highest BCUT2D eigenvalue weighted by molar-refractivity contribution is 5.76. The average molecular weight is 250 g/mol. The Balaban J connectivity index is 1.95. The van der Waals surface area contributed by atoms with Gasteiger partial charge in [0.15, 0.2) is 0 Å². The summed E-state index contributed by atoms with van der Waals surface area (Å²) in [5, 5.41) is 0. The van der Waals surface area contributed by atoms with E-state index in [1.807, 2.05) is 42.3 Å². The van der Waals surface area contributed by atoms with Gasteiger partial charge in [0.2, 0.25) is 0 Å². The van der Waals surface area contributed by atoms with E-state index in [0.717, 1.165) is 18.8 Å². The normalized spacial score (nSPS) is 23.9. The molecule has 1 aromatic rings. The Morgan fingerprint density at radius 1 is 1.39 bits per heavy atom. The van der Waals surface area contributed by atoms with Crippen LogP contribution in [0.3, 0.4) is 0 Å². The lowest BCUT2D eigenvalue weighted by molar-refractivity contribution is -0.670. The van der Waals surface area contributed by atoms with Crippen molar-refractivity contribution in [2.75, 3.05) is 7.05 Å². The molecule has 0 bridgehead atoms. The smallest absolute Gasteiger partial charge is 0.304 e. The van der Waals surface area contributed by atoms with Gasteiger partial charge in [0.05, 0.1) is 7.05 Å². The molecule has 1 aromatic heterocycles. The van der Waals surface area contributed by atoms with Gasteiger partial charge < -0.3 is 4.90 Å². The standard InChI is InChI=1S/C14H24N3O/c1-4-12-5-7-13(8-6-12)16(3)14(18)17-10-9-15(2)11-17/h9-13H,4-8H2,1-3H3/q+1. The largest absolute Gasteiger partial charge is 0.415 e. The van der Waals surface area contributed by atoms with E-state index in [0.29, 0.717) is 6.04 Å². The molecule has 0 spiro atoms. The third-order valence-electron chi connectivity index (χ3n) is 4.23. The van der Waals surface area contributed by atoms with Gasteiger partial charge in [-0.15, -0.1) is 0 Å². The van der Waals surface area contributed by atoms with Gasteiger partial charge in [0.1, 0.15) is 12.4 Å². The van der Waals surface area contributed by atoms with Crippen molar-refractivity contribution in [1.29, 1.82) is 0 Å². The minimum absolute atomic E-state index is 0.0792. The van der Waals surface area contributed by atoms with Gasteiger partial charge in [-0.1, -0.05) is 13.3 Å². The number of imidazole rings is 1. The molecule has 0 unspecified atom stereocenters. The number of amides is 1. The van der Waals surface area contributed by atoms with E-state index in [1.165, 1.54) is 19.3 Å². The third kappa shape index (κ3) is 2.74. The number of aromatic nitrogens is 2. The van der Waals surface area contributed by atoms with Crippen LogP contribution < -0.4 is 4.57 Å². The van der Waals surface area contributed by atoms with Crippen LogP contribution in [-0.4, -0.2) is 28.6 Å². The van der Waals surface area contributed by atoms with Crippen LogP contribution >= 0.6 is 0 Å². The lowest BCUT2D eigenvalue weighted by Gasteiger charge is -2.33. The monoisotopic (exact) mass is 250 g/mol. The van der Waals surface area contributed by atoms with Gasteiger partial charge >= 0.3 is 6.03 Å². The maximum absolute atomic E-state index is 12.3. The molecule has 1 fully saturated rings. The van der Waals surface area contributed by atoms with Crippen LogP contribution in [0.2, 0.25) is 0 Å². The van der Waals surface area contributed by atoms with Crippen LogP contribution in [-0.2, 0) is 7.05 Å². The number of hydrogen-bond donors (Lipinski definition) is 0. The van der Waals surface area contributed by atoms with E-state index >= 15 is 0 Å². The molecule has 0 aliphatic heterocycles. The summed E-state index contributed by atoms with van der Waals surface area (Å²) in [4.78, 5) is 14.2. The second kappa shape index (κ2) is 5.55. The Labute approximate surface area is 109 Å². The summed E-state index contributed by atoms with van der Waals surface area (Å²) in [6, 6.07) is 0.489. The van der Waals surface area contributed by atoms with E-state index < -0.39 is 0 Å². The minimum atomic E-state index is 0.0792. The topological polar surface area (TPSA) is 29.1 Å². The van der Waals surface area contributed by atoms with Crippen molar-refractivity contribution in [3.05, 3.63) is 18.7 Å². The fourth-order valence-electron chi connectivity index (χ4n) is 2.84. The van der Waals surface area contributed by atoms with Crippen LogP contribution in [0, 0.1) is 5.92 Å². The second-order valence-electron chi connectivity index (χ2n) is 5.46. The summed E-state index contributed by atoms with van der Waals surface area (Å²) < 4.78 is 3.55. The summed E-state index contributed by atoms with van der Waals surface area (Å²) in [6.45, 7) is 2.26. The Bertz CT molecular complexity index is 405. The molecule has 1 aliphatic rings. The molecule has 0 aromatic carbocycles. The van der Waals surface area contributed by atoms with E-state index in [4.69, 9.17) is 0 Å². The maximum Gasteiger partial charge on any atom is 0.415 e. The van der Waals surface area contributed by atoms with Crippen molar-refractivity contribution in [2.24, 2.45) is 13.0 Å². The zero-order valence-corrected chi connectivity index (χ0v) is 11.7. The predicted molar refractivity (Wildman–Crippen MR) is 70.2 cm³/mol. The first-order valence-electron chi connectivity index (χ1n) is 6.92. The summed E-state index contributed by atoms with van der Waals surface area (Å²) in [5.41, 5.74) is 0. The first-order chi connectivity index (χ1) is 8.61.